The normalized spacial score (nSPS) is 14.1. The third-order valence-electron chi connectivity index (χ3n) is 2.77. The molecule has 2 atom stereocenters. The summed E-state index contributed by atoms with van der Waals surface area (Å²) in [6.07, 6.45) is -1.22. The van der Waals surface area contributed by atoms with Gasteiger partial charge in [-0.15, -0.1) is 0 Å². The van der Waals surface area contributed by atoms with Crippen molar-refractivity contribution in [2.45, 2.75) is 25.6 Å². The molecular weight excluding hydrogens is 216 g/mol. The van der Waals surface area contributed by atoms with Crippen LogP contribution in [0.4, 0.5) is 0 Å². The van der Waals surface area contributed by atoms with Crippen LogP contribution in [0.5, 0.6) is 0 Å². The summed E-state index contributed by atoms with van der Waals surface area (Å²) in [4.78, 5) is 0. The molecule has 2 unspecified atom stereocenters. The monoisotopic (exact) mass is 234 g/mol. The largest absolute Gasteiger partial charge is 0.390 e. The topological polar surface area (TPSA) is 76.3 Å². The Hall–Kier alpha value is -1.41. The second-order valence-corrected chi connectivity index (χ2v) is 4.09. The third kappa shape index (κ3) is 3.53. The molecule has 17 heavy (non-hydrogen) atoms. The smallest absolute Gasteiger partial charge is 0.105 e. The highest BCUT2D eigenvalue weighted by Gasteiger charge is 2.18. The number of rotatable bonds is 5. The molecule has 0 amide bonds. The molecule has 3 N–H and O–H groups in total. The van der Waals surface area contributed by atoms with E-state index in [1.807, 2.05) is 6.92 Å². The first-order valence-corrected chi connectivity index (χ1v) is 5.61. The highest BCUT2D eigenvalue weighted by atomic mass is 16.3. The summed E-state index contributed by atoms with van der Waals surface area (Å²) in [5.41, 5.74) is 2.04. The highest BCUT2D eigenvalue weighted by molar-refractivity contribution is 5.40. The van der Waals surface area contributed by atoms with Crippen molar-refractivity contribution in [2.75, 3.05) is 13.6 Å². The lowest BCUT2D eigenvalue weighted by Crippen LogP contribution is -2.23. The lowest BCUT2D eigenvalue weighted by molar-refractivity contribution is 0.0140. The van der Waals surface area contributed by atoms with Crippen LogP contribution in [0.3, 0.4) is 0 Å². The molecule has 1 aromatic rings. The molecule has 0 saturated carbocycles. The fourth-order valence-corrected chi connectivity index (χ4v) is 1.67. The number of aliphatic hydroxyl groups excluding tert-OH is 2. The predicted octanol–water partition coefficient (Wildman–Crippen LogP) is 0.871. The van der Waals surface area contributed by atoms with Crippen LogP contribution in [0.25, 0.3) is 0 Å². The Labute approximate surface area is 102 Å². The zero-order valence-electron chi connectivity index (χ0n) is 10.1. The number of benzene rings is 1. The predicted molar refractivity (Wildman–Crippen MR) is 65.4 cm³/mol. The molecule has 92 valence electrons. The van der Waals surface area contributed by atoms with Gasteiger partial charge in [0.05, 0.1) is 17.7 Å². The first kappa shape index (κ1) is 13.7. The molecule has 0 aliphatic heterocycles. The van der Waals surface area contributed by atoms with Gasteiger partial charge in [0.25, 0.3) is 0 Å². The van der Waals surface area contributed by atoms with E-state index in [9.17, 15) is 10.2 Å². The maximum atomic E-state index is 9.94. The van der Waals surface area contributed by atoms with E-state index in [4.69, 9.17) is 5.26 Å². The van der Waals surface area contributed by atoms with Crippen molar-refractivity contribution in [3.05, 3.63) is 34.9 Å². The zero-order chi connectivity index (χ0) is 12.8. The average molecular weight is 234 g/mol. The molecule has 0 saturated heterocycles. The molecule has 4 nitrogen and oxygen atoms in total. The van der Waals surface area contributed by atoms with Crippen LogP contribution in [-0.2, 0) is 0 Å². The number of nitrogens with one attached hydrogen (secondary N) is 1. The summed E-state index contributed by atoms with van der Waals surface area (Å²) in [6.45, 7) is 2.46. The van der Waals surface area contributed by atoms with E-state index in [0.29, 0.717) is 24.1 Å². The SMILES string of the molecule is CNCCC(O)C(O)c1ccc(C#N)c(C)c1. The van der Waals surface area contributed by atoms with Crippen LogP contribution in [0.15, 0.2) is 18.2 Å². The van der Waals surface area contributed by atoms with E-state index in [1.54, 1.807) is 25.2 Å². The average Bonchev–Trinajstić information content (AvgIpc) is 2.34. The summed E-state index contributed by atoms with van der Waals surface area (Å²) in [5.74, 6) is 0. The quantitative estimate of drug-likeness (QED) is 0.706. The van der Waals surface area contributed by atoms with Gasteiger partial charge < -0.3 is 15.5 Å². The minimum atomic E-state index is -0.908. The van der Waals surface area contributed by atoms with Gasteiger partial charge in [-0.05, 0) is 44.1 Å². The Bertz CT molecular complexity index is 412. The fourth-order valence-electron chi connectivity index (χ4n) is 1.67. The lowest BCUT2D eigenvalue weighted by Gasteiger charge is -2.18. The summed E-state index contributed by atoms with van der Waals surface area (Å²) >= 11 is 0. The van der Waals surface area contributed by atoms with Gasteiger partial charge in [0, 0.05) is 0 Å². The molecule has 0 aromatic heterocycles. The summed E-state index contributed by atoms with van der Waals surface area (Å²) in [7, 11) is 1.80. The number of nitriles is 1. The molecule has 0 fully saturated rings. The molecule has 1 aromatic carbocycles. The van der Waals surface area contributed by atoms with Gasteiger partial charge >= 0.3 is 0 Å². The molecule has 0 aliphatic rings. The standard InChI is InChI=1S/C13H18N2O2/c1-9-7-10(3-4-11(9)8-14)13(17)12(16)5-6-15-2/h3-4,7,12-13,15-17H,5-6H2,1-2H3. The van der Waals surface area contributed by atoms with E-state index < -0.39 is 12.2 Å². The maximum absolute atomic E-state index is 9.94. The summed E-state index contributed by atoms with van der Waals surface area (Å²) < 4.78 is 0. The number of hydrogen-bond acceptors (Lipinski definition) is 4. The molecule has 0 spiro atoms. The number of aryl methyl sites for hydroxylation is 1. The Balaban J connectivity index is 2.79. The van der Waals surface area contributed by atoms with Crippen LogP contribution in [0.2, 0.25) is 0 Å². The Morgan fingerprint density at radius 3 is 2.65 bits per heavy atom. The molecular formula is C13H18N2O2. The summed E-state index contributed by atoms with van der Waals surface area (Å²) in [5, 5.41) is 31.4. The van der Waals surface area contributed by atoms with Gasteiger partial charge in [0.2, 0.25) is 0 Å². The zero-order valence-corrected chi connectivity index (χ0v) is 10.1. The molecule has 0 radical (unpaired) electrons. The van der Waals surface area contributed by atoms with E-state index in [2.05, 4.69) is 11.4 Å². The summed E-state index contributed by atoms with van der Waals surface area (Å²) in [6, 6.07) is 7.16. The van der Waals surface area contributed by atoms with Crippen molar-refractivity contribution in [2.24, 2.45) is 0 Å². The van der Waals surface area contributed by atoms with Crippen LogP contribution in [-0.4, -0.2) is 29.9 Å². The molecule has 0 aliphatic carbocycles. The van der Waals surface area contributed by atoms with Crippen molar-refractivity contribution in [3.8, 4) is 6.07 Å². The van der Waals surface area contributed by atoms with Crippen LogP contribution >= 0.6 is 0 Å². The first-order chi connectivity index (χ1) is 8.10. The second kappa shape index (κ2) is 6.36. The minimum Gasteiger partial charge on any atom is -0.390 e. The Morgan fingerprint density at radius 1 is 1.41 bits per heavy atom. The van der Waals surface area contributed by atoms with Crippen molar-refractivity contribution in [1.82, 2.24) is 5.32 Å². The number of aliphatic hydroxyl groups is 2. The van der Waals surface area contributed by atoms with Crippen molar-refractivity contribution in [1.29, 1.82) is 5.26 Å². The lowest BCUT2D eigenvalue weighted by atomic mass is 9.98. The highest BCUT2D eigenvalue weighted by Crippen LogP contribution is 2.21. The fraction of sp³-hybridized carbons (Fsp3) is 0.462. The Kier molecular flexibility index (Phi) is 5.11. The number of nitrogens with zero attached hydrogens (tertiary/aromatic N) is 1. The van der Waals surface area contributed by atoms with Crippen LogP contribution < -0.4 is 5.32 Å². The van der Waals surface area contributed by atoms with Crippen molar-refractivity contribution >= 4 is 0 Å². The number of hydrogen-bond donors (Lipinski definition) is 3. The van der Waals surface area contributed by atoms with Crippen molar-refractivity contribution < 1.29 is 10.2 Å². The first-order valence-electron chi connectivity index (χ1n) is 5.61. The van der Waals surface area contributed by atoms with Crippen molar-refractivity contribution in [3.63, 3.8) is 0 Å². The molecule has 0 bridgehead atoms. The van der Waals surface area contributed by atoms with Crippen LogP contribution in [0.1, 0.15) is 29.2 Å². The van der Waals surface area contributed by atoms with Gasteiger partial charge in [-0.2, -0.15) is 5.26 Å². The molecule has 1 rings (SSSR count). The minimum absolute atomic E-state index is 0.483. The second-order valence-electron chi connectivity index (χ2n) is 4.09. The van der Waals surface area contributed by atoms with Gasteiger partial charge in [-0.1, -0.05) is 12.1 Å². The molecule has 0 heterocycles. The van der Waals surface area contributed by atoms with E-state index in [0.717, 1.165) is 5.56 Å². The van der Waals surface area contributed by atoms with E-state index in [-0.39, 0.29) is 0 Å². The molecule has 4 heteroatoms. The van der Waals surface area contributed by atoms with Gasteiger partial charge in [0.15, 0.2) is 0 Å². The van der Waals surface area contributed by atoms with E-state index in [1.165, 1.54) is 0 Å². The maximum Gasteiger partial charge on any atom is 0.105 e. The van der Waals surface area contributed by atoms with Gasteiger partial charge in [0.1, 0.15) is 6.10 Å². The van der Waals surface area contributed by atoms with Crippen LogP contribution in [0, 0.1) is 18.3 Å². The van der Waals surface area contributed by atoms with E-state index >= 15 is 0 Å². The van der Waals surface area contributed by atoms with Gasteiger partial charge in [-0.25, -0.2) is 0 Å². The van der Waals surface area contributed by atoms with Gasteiger partial charge in [-0.3, -0.25) is 0 Å². The Morgan fingerprint density at radius 2 is 2.12 bits per heavy atom. The third-order valence-corrected chi connectivity index (χ3v) is 2.77.